The maximum absolute atomic E-state index is 12.2. The van der Waals surface area contributed by atoms with Crippen molar-refractivity contribution in [2.45, 2.75) is 0 Å². The lowest BCUT2D eigenvalue weighted by Gasteiger charge is -2.04. The number of carbonyl (C=O) groups excluding carboxylic acids is 1. The third-order valence-electron chi connectivity index (χ3n) is 2.29. The van der Waals surface area contributed by atoms with Crippen LogP contribution in [0, 0.1) is 3.57 Å². The largest absolute Gasteiger partial charge is 0.287 e. The third-order valence-corrected chi connectivity index (χ3v) is 4.14. The van der Waals surface area contributed by atoms with Crippen molar-refractivity contribution in [3.8, 4) is 0 Å². The molecule has 3 nitrogen and oxygen atoms in total. The molecule has 17 heavy (non-hydrogen) atoms. The molecule has 0 saturated carbocycles. The Morgan fingerprint density at radius 1 is 1.35 bits per heavy atom. The lowest BCUT2D eigenvalue weighted by atomic mass is 10.1. The highest BCUT2D eigenvalue weighted by Crippen LogP contribution is 2.23. The van der Waals surface area contributed by atoms with Crippen molar-refractivity contribution in [1.29, 1.82) is 0 Å². The lowest BCUT2D eigenvalue weighted by molar-refractivity contribution is 0.103. The van der Waals surface area contributed by atoms with E-state index in [1.54, 1.807) is 25.2 Å². The minimum absolute atomic E-state index is 0.187. The molecule has 1 heterocycles. The van der Waals surface area contributed by atoms with Crippen LogP contribution in [0.25, 0.3) is 0 Å². The van der Waals surface area contributed by atoms with Crippen LogP contribution in [0.3, 0.4) is 0 Å². The molecule has 1 aromatic heterocycles. The predicted octanol–water partition coefficient (Wildman–Crippen LogP) is 3.56. The molecule has 0 radical (unpaired) electrons. The Bertz CT molecular complexity index is 576. The summed E-state index contributed by atoms with van der Waals surface area (Å²) in [6, 6.07) is 5.15. The minimum atomic E-state index is -0.187. The van der Waals surface area contributed by atoms with E-state index in [2.05, 4.69) is 27.7 Å². The van der Waals surface area contributed by atoms with E-state index in [0.717, 1.165) is 3.57 Å². The first-order valence-electron chi connectivity index (χ1n) is 4.68. The fourth-order valence-corrected chi connectivity index (χ4v) is 2.21. The molecule has 0 fully saturated rings. The van der Waals surface area contributed by atoms with Crippen molar-refractivity contribution >= 4 is 51.6 Å². The number of ketones is 1. The van der Waals surface area contributed by atoms with Crippen LogP contribution in [0.4, 0.5) is 0 Å². The second kappa shape index (κ2) is 4.96. The SMILES string of the molecule is Cn1ncc(Cl)c1C(=O)c1ccc(I)c(Cl)c1. The van der Waals surface area contributed by atoms with E-state index in [-0.39, 0.29) is 5.78 Å². The summed E-state index contributed by atoms with van der Waals surface area (Å²) in [5, 5.41) is 4.82. The minimum Gasteiger partial charge on any atom is -0.287 e. The maximum atomic E-state index is 12.2. The van der Waals surface area contributed by atoms with Crippen LogP contribution in [-0.4, -0.2) is 15.6 Å². The van der Waals surface area contributed by atoms with Crippen molar-refractivity contribution < 1.29 is 4.79 Å². The average molecular weight is 381 g/mol. The summed E-state index contributed by atoms with van der Waals surface area (Å²) in [7, 11) is 1.67. The van der Waals surface area contributed by atoms with Gasteiger partial charge >= 0.3 is 0 Å². The summed E-state index contributed by atoms with van der Waals surface area (Å²) < 4.78 is 2.35. The fraction of sp³-hybridized carbons (Fsp3) is 0.0909. The van der Waals surface area contributed by atoms with E-state index in [1.807, 2.05) is 0 Å². The van der Waals surface area contributed by atoms with Gasteiger partial charge < -0.3 is 0 Å². The van der Waals surface area contributed by atoms with Gasteiger partial charge in [-0.3, -0.25) is 9.48 Å². The fourth-order valence-electron chi connectivity index (χ4n) is 1.44. The molecule has 0 bridgehead atoms. The van der Waals surface area contributed by atoms with E-state index in [9.17, 15) is 4.79 Å². The molecule has 88 valence electrons. The van der Waals surface area contributed by atoms with Gasteiger partial charge in [0, 0.05) is 16.2 Å². The molecular weight excluding hydrogens is 374 g/mol. The van der Waals surface area contributed by atoms with Crippen LogP contribution in [0.15, 0.2) is 24.4 Å². The first-order chi connectivity index (χ1) is 8.00. The molecular formula is C11H7Cl2IN2O. The number of carbonyl (C=O) groups is 1. The number of aryl methyl sites for hydroxylation is 1. The van der Waals surface area contributed by atoms with E-state index >= 15 is 0 Å². The number of hydrogen-bond acceptors (Lipinski definition) is 2. The van der Waals surface area contributed by atoms with Crippen LogP contribution >= 0.6 is 45.8 Å². The summed E-state index contributed by atoms with van der Waals surface area (Å²) in [6.45, 7) is 0. The van der Waals surface area contributed by atoms with Crippen LogP contribution in [0.1, 0.15) is 16.1 Å². The standard InChI is InChI=1S/C11H7Cl2IN2O/c1-16-10(8(13)5-15-16)11(17)6-2-3-9(14)7(12)4-6/h2-5H,1H3. The monoisotopic (exact) mass is 380 g/mol. The van der Waals surface area contributed by atoms with Gasteiger partial charge in [0.05, 0.1) is 16.2 Å². The van der Waals surface area contributed by atoms with Gasteiger partial charge in [0.15, 0.2) is 0 Å². The molecule has 0 aliphatic rings. The number of hydrogen-bond donors (Lipinski definition) is 0. The summed E-state index contributed by atoms with van der Waals surface area (Å²) >= 11 is 14.0. The van der Waals surface area contributed by atoms with E-state index in [1.165, 1.54) is 10.9 Å². The van der Waals surface area contributed by atoms with Gasteiger partial charge in [0.25, 0.3) is 0 Å². The topological polar surface area (TPSA) is 34.9 Å². The highest BCUT2D eigenvalue weighted by atomic mass is 127. The highest BCUT2D eigenvalue weighted by Gasteiger charge is 2.18. The molecule has 0 spiro atoms. The average Bonchev–Trinajstić information content (AvgIpc) is 2.62. The first-order valence-corrected chi connectivity index (χ1v) is 6.51. The zero-order valence-electron chi connectivity index (χ0n) is 8.75. The third kappa shape index (κ3) is 2.48. The predicted molar refractivity (Wildman–Crippen MR) is 75.8 cm³/mol. The Kier molecular flexibility index (Phi) is 3.75. The van der Waals surface area contributed by atoms with Crippen molar-refractivity contribution in [1.82, 2.24) is 9.78 Å². The second-order valence-corrected chi connectivity index (χ2v) is 5.40. The number of halogens is 3. The van der Waals surface area contributed by atoms with Crippen LogP contribution in [-0.2, 0) is 7.05 Å². The second-order valence-electron chi connectivity index (χ2n) is 3.42. The molecule has 1 aromatic carbocycles. The van der Waals surface area contributed by atoms with Gasteiger partial charge in [-0.1, -0.05) is 23.2 Å². The van der Waals surface area contributed by atoms with Crippen molar-refractivity contribution in [3.05, 3.63) is 49.3 Å². The lowest BCUT2D eigenvalue weighted by Crippen LogP contribution is -2.09. The zero-order valence-corrected chi connectivity index (χ0v) is 12.4. The van der Waals surface area contributed by atoms with E-state index < -0.39 is 0 Å². The van der Waals surface area contributed by atoms with Gasteiger partial charge in [-0.25, -0.2) is 0 Å². The van der Waals surface area contributed by atoms with Gasteiger partial charge in [-0.2, -0.15) is 5.10 Å². The highest BCUT2D eigenvalue weighted by molar-refractivity contribution is 14.1. The number of rotatable bonds is 2. The molecule has 0 aliphatic carbocycles. The van der Waals surface area contributed by atoms with Crippen molar-refractivity contribution in [2.24, 2.45) is 7.05 Å². The van der Waals surface area contributed by atoms with E-state index in [4.69, 9.17) is 23.2 Å². The van der Waals surface area contributed by atoms with Gasteiger partial charge in [0.2, 0.25) is 5.78 Å². The van der Waals surface area contributed by atoms with Gasteiger partial charge in [0.1, 0.15) is 5.69 Å². The Hall–Kier alpha value is -0.590. The first kappa shape index (κ1) is 12.9. The maximum Gasteiger partial charge on any atom is 0.212 e. The van der Waals surface area contributed by atoms with Crippen molar-refractivity contribution in [3.63, 3.8) is 0 Å². The van der Waals surface area contributed by atoms with E-state index in [0.29, 0.717) is 21.3 Å². The number of benzene rings is 1. The number of nitrogens with zero attached hydrogens (tertiary/aromatic N) is 2. The molecule has 6 heteroatoms. The summed E-state index contributed by atoms with van der Waals surface area (Å²) in [5.74, 6) is -0.187. The molecule has 0 amide bonds. The molecule has 0 unspecified atom stereocenters. The van der Waals surface area contributed by atoms with Crippen LogP contribution in [0.5, 0.6) is 0 Å². The molecule has 0 aliphatic heterocycles. The Labute approximate surface area is 122 Å². The van der Waals surface area contributed by atoms with Gasteiger partial charge in [-0.15, -0.1) is 0 Å². The van der Waals surface area contributed by atoms with Crippen LogP contribution in [0.2, 0.25) is 10.0 Å². The quantitative estimate of drug-likeness (QED) is 0.589. The Morgan fingerprint density at radius 3 is 2.59 bits per heavy atom. The van der Waals surface area contributed by atoms with Crippen LogP contribution < -0.4 is 0 Å². The molecule has 0 atom stereocenters. The molecule has 0 N–H and O–H groups in total. The smallest absolute Gasteiger partial charge is 0.212 e. The zero-order chi connectivity index (χ0) is 12.6. The summed E-state index contributed by atoms with van der Waals surface area (Å²) in [5.41, 5.74) is 0.866. The molecule has 2 rings (SSSR count). The Balaban J connectivity index is 2.48. The van der Waals surface area contributed by atoms with Gasteiger partial charge in [-0.05, 0) is 40.8 Å². The summed E-state index contributed by atoms with van der Waals surface area (Å²) in [6.07, 6.45) is 1.45. The molecule has 2 aromatic rings. The normalized spacial score (nSPS) is 10.6. The van der Waals surface area contributed by atoms with Crippen molar-refractivity contribution in [2.75, 3.05) is 0 Å². The Morgan fingerprint density at radius 2 is 2.06 bits per heavy atom. The summed E-state index contributed by atoms with van der Waals surface area (Å²) in [4.78, 5) is 12.2. The molecule has 0 saturated heterocycles. The number of aromatic nitrogens is 2.